The van der Waals surface area contributed by atoms with E-state index in [0.29, 0.717) is 12.1 Å². The monoisotopic (exact) mass is 265 g/mol. The molecule has 2 aliphatic rings. The number of H-pyrrole nitrogens is 1. The number of aromatic amines is 1. The van der Waals surface area contributed by atoms with Crippen LogP contribution in [0.4, 0.5) is 5.95 Å². The molecule has 1 aromatic rings. The van der Waals surface area contributed by atoms with Gasteiger partial charge in [0.25, 0.3) is 0 Å². The molecule has 3 heterocycles. The lowest BCUT2D eigenvalue weighted by molar-refractivity contribution is 0.0157. The Labute approximate surface area is 113 Å². The predicted molar refractivity (Wildman–Crippen MR) is 73.1 cm³/mol. The lowest BCUT2D eigenvalue weighted by Crippen LogP contribution is -2.40. The normalized spacial score (nSPS) is 25.7. The number of rotatable bonds is 3. The van der Waals surface area contributed by atoms with Gasteiger partial charge in [-0.15, -0.1) is 5.10 Å². The molecule has 106 valence electrons. The van der Waals surface area contributed by atoms with Crippen molar-refractivity contribution in [2.24, 2.45) is 5.73 Å². The fourth-order valence-corrected chi connectivity index (χ4v) is 2.80. The van der Waals surface area contributed by atoms with E-state index in [0.717, 1.165) is 57.2 Å². The van der Waals surface area contributed by atoms with Crippen LogP contribution in [0.1, 0.15) is 37.9 Å². The molecule has 0 aromatic carbocycles. The van der Waals surface area contributed by atoms with E-state index in [9.17, 15) is 0 Å². The van der Waals surface area contributed by atoms with Crippen LogP contribution in [0, 0.1) is 0 Å². The minimum absolute atomic E-state index is 0.310. The van der Waals surface area contributed by atoms with Gasteiger partial charge in [0.1, 0.15) is 5.82 Å². The van der Waals surface area contributed by atoms with Crippen molar-refractivity contribution in [1.82, 2.24) is 15.2 Å². The molecule has 1 aromatic heterocycles. The Balaban J connectivity index is 1.56. The highest BCUT2D eigenvalue weighted by Crippen LogP contribution is 2.18. The van der Waals surface area contributed by atoms with Gasteiger partial charge in [-0.3, -0.25) is 5.10 Å². The second-order valence-electron chi connectivity index (χ2n) is 5.60. The van der Waals surface area contributed by atoms with E-state index in [1.807, 2.05) is 0 Å². The summed E-state index contributed by atoms with van der Waals surface area (Å²) in [6, 6.07) is 0.338. The molecule has 19 heavy (non-hydrogen) atoms. The first kappa shape index (κ1) is 12.9. The van der Waals surface area contributed by atoms with Crippen LogP contribution in [-0.4, -0.2) is 47.0 Å². The van der Waals surface area contributed by atoms with E-state index in [1.165, 1.54) is 12.8 Å². The molecule has 2 saturated heterocycles. The topological polar surface area (TPSA) is 80.1 Å². The highest BCUT2D eigenvalue weighted by Gasteiger charge is 2.21. The molecule has 0 radical (unpaired) electrons. The number of nitrogens with zero attached hydrogens (tertiary/aromatic N) is 3. The van der Waals surface area contributed by atoms with Crippen molar-refractivity contribution < 1.29 is 4.74 Å². The summed E-state index contributed by atoms with van der Waals surface area (Å²) < 4.78 is 5.73. The van der Waals surface area contributed by atoms with Crippen molar-refractivity contribution in [1.29, 1.82) is 0 Å². The summed E-state index contributed by atoms with van der Waals surface area (Å²) >= 11 is 0. The van der Waals surface area contributed by atoms with Gasteiger partial charge in [-0.05, 0) is 32.1 Å². The maximum atomic E-state index is 5.91. The molecule has 1 unspecified atom stereocenters. The number of hydrogen-bond acceptors (Lipinski definition) is 5. The number of aromatic nitrogens is 3. The van der Waals surface area contributed by atoms with Crippen LogP contribution >= 0.6 is 0 Å². The smallest absolute Gasteiger partial charge is 0.244 e. The highest BCUT2D eigenvalue weighted by molar-refractivity contribution is 5.29. The average molecular weight is 265 g/mol. The Hall–Kier alpha value is -1.14. The Bertz CT molecular complexity index is 393. The fourth-order valence-electron chi connectivity index (χ4n) is 2.80. The summed E-state index contributed by atoms with van der Waals surface area (Å²) in [5.74, 6) is 1.76. The van der Waals surface area contributed by atoms with E-state index >= 15 is 0 Å². The van der Waals surface area contributed by atoms with Crippen molar-refractivity contribution in [2.45, 2.75) is 50.7 Å². The third-order valence-corrected chi connectivity index (χ3v) is 4.04. The first-order chi connectivity index (χ1) is 9.31. The summed E-state index contributed by atoms with van der Waals surface area (Å²) in [4.78, 5) is 6.80. The maximum absolute atomic E-state index is 5.91. The van der Waals surface area contributed by atoms with Crippen LogP contribution in [-0.2, 0) is 11.2 Å². The van der Waals surface area contributed by atoms with Gasteiger partial charge in [-0.25, -0.2) is 0 Å². The Kier molecular flexibility index (Phi) is 3.98. The molecule has 0 aliphatic carbocycles. The summed E-state index contributed by atoms with van der Waals surface area (Å²) in [6.45, 7) is 2.80. The Morgan fingerprint density at radius 1 is 1.26 bits per heavy atom. The highest BCUT2D eigenvalue weighted by atomic mass is 16.5. The van der Waals surface area contributed by atoms with Gasteiger partial charge in [0.15, 0.2) is 0 Å². The number of nitrogens with one attached hydrogen (secondary N) is 1. The molecular weight excluding hydrogens is 242 g/mol. The van der Waals surface area contributed by atoms with Crippen LogP contribution in [0.25, 0.3) is 0 Å². The number of nitrogens with two attached hydrogens (primary N) is 1. The molecule has 3 rings (SSSR count). The summed E-state index contributed by atoms with van der Waals surface area (Å²) in [5, 5.41) is 7.37. The van der Waals surface area contributed by atoms with Crippen LogP contribution < -0.4 is 10.6 Å². The van der Waals surface area contributed by atoms with Crippen molar-refractivity contribution >= 4 is 5.95 Å². The van der Waals surface area contributed by atoms with Gasteiger partial charge in [0, 0.05) is 32.2 Å². The average Bonchev–Trinajstić information content (AvgIpc) is 2.89. The lowest BCUT2D eigenvalue weighted by Gasteiger charge is -2.28. The van der Waals surface area contributed by atoms with Crippen molar-refractivity contribution in [3.63, 3.8) is 0 Å². The van der Waals surface area contributed by atoms with Crippen LogP contribution in [0.5, 0.6) is 0 Å². The zero-order valence-electron chi connectivity index (χ0n) is 11.3. The second-order valence-corrected chi connectivity index (χ2v) is 5.60. The van der Waals surface area contributed by atoms with Gasteiger partial charge < -0.3 is 15.4 Å². The molecule has 6 heteroatoms. The van der Waals surface area contributed by atoms with E-state index < -0.39 is 0 Å². The second kappa shape index (κ2) is 5.88. The van der Waals surface area contributed by atoms with Crippen molar-refractivity contribution in [3.8, 4) is 0 Å². The summed E-state index contributed by atoms with van der Waals surface area (Å²) in [7, 11) is 0. The van der Waals surface area contributed by atoms with Gasteiger partial charge in [0.2, 0.25) is 5.95 Å². The molecule has 0 amide bonds. The van der Waals surface area contributed by atoms with Gasteiger partial charge in [-0.2, -0.15) is 4.98 Å². The molecule has 6 nitrogen and oxygen atoms in total. The standard InChI is InChI=1S/C13H23N5O/c14-10-4-6-18(7-5-10)13-15-12(16-17-13)9-11-3-1-2-8-19-11/h10-11H,1-9,14H2,(H,15,16,17). The van der Waals surface area contributed by atoms with Crippen LogP contribution in [0.2, 0.25) is 0 Å². The third kappa shape index (κ3) is 3.25. The molecule has 3 N–H and O–H groups in total. The third-order valence-electron chi connectivity index (χ3n) is 4.04. The fraction of sp³-hybridized carbons (Fsp3) is 0.846. The minimum atomic E-state index is 0.310. The minimum Gasteiger partial charge on any atom is -0.378 e. The largest absolute Gasteiger partial charge is 0.378 e. The number of ether oxygens (including phenoxy) is 1. The molecule has 0 bridgehead atoms. The quantitative estimate of drug-likeness (QED) is 0.846. The predicted octanol–water partition coefficient (Wildman–Crippen LogP) is 0.844. The number of piperidine rings is 1. The Morgan fingerprint density at radius 3 is 2.84 bits per heavy atom. The summed E-state index contributed by atoms with van der Waals surface area (Å²) in [6.07, 6.45) is 6.78. The molecule has 1 atom stereocenters. The van der Waals surface area contributed by atoms with E-state index in [-0.39, 0.29) is 0 Å². The SMILES string of the molecule is NC1CCN(c2n[nH]c(CC3CCCCO3)n2)CC1. The molecule has 0 saturated carbocycles. The Morgan fingerprint density at radius 2 is 2.11 bits per heavy atom. The van der Waals surface area contributed by atoms with Crippen molar-refractivity contribution in [2.75, 3.05) is 24.6 Å². The number of anilines is 1. The molecule has 0 spiro atoms. The van der Waals surface area contributed by atoms with Gasteiger partial charge >= 0.3 is 0 Å². The molecule has 2 aliphatic heterocycles. The molecule has 2 fully saturated rings. The van der Waals surface area contributed by atoms with E-state index in [2.05, 4.69) is 20.1 Å². The van der Waals surface area contributed by atoms with E-state index in [4.69, 9.17) is 10.5 Å². The first-order valence-corrected chi connectivity index (χ1v) is 7.34. The first-order valence-electron chi connectivity index (χ1n) is 7.34. The number of hydrogen-bond donors (Lipinski definition) is 2. The molecular formula is C13H23N5O. The van der Waals surface area contributed by atoms with Crippen molar-refractivity contribution in [3.05, 3.63) is 5.82 Å². The van der Waals surface area contributed by atoms with E-state index in [1.54, 1.807) is 0 Å². The summed E-state index contributed by atoms with van der Waals surface area (Å²) in [5.41, 5.74) is 5.91. The zero-order valence-corrected chi connectivity index (χ0v) is 11.3. The maximum Gasteiger partial charge on any atom is 0.244 e. The van der Waals surface area contributed by atoms with Crippen LogP contribution in [0.3, 0.4) is 0 Å². The lowest BCUT2D eigenvalue weighted by atomic mass is 10.1. The van der Waals surface area contributed by atoms with Gasteiger partial charge in [0.05, 0.1) is 6.10 Å². The zero-order chi connectivity index (χ0) is 13.1. The van der Waals surface area contributed by atoms with Gasteiger partial charge in [-0.1, -0.05) is 0 Å². The van der Waals surface area contributed by atoms with Crippen LogP contribution in [0.15, 0.2) is 0 Å².